The fraction of sp³-hybridized carbons (Fsp3) is 0.267. The minimum atomic E-state index is -0.966. The maximum Gasteiger partial charge on any atom is 0.305 e. The van der Waals surface area contributed by atoms with Gasteiger partial charge in [0.2, 0.25) is 5.91 Å². The Hall–Kier alpha value is -2.61. The Labute approximate surface area is 117 Å². The van der Waals surface area contributed by atoms with Crippen LogP contribution in [0.25, 0.3) is 6.08 Å². The summed E-state index contributed by atoms with van der Waals surface area (Å²) in [6, 6.07) is 8.78. The molecule has 1 amide bonds. The molecule has 104 valence electrons. The van der Waals surface area contributed by atoms with Crippen LogP contribution in [0.2, 0.25) is 0 Å². The fourth-order valence-electron chi connectivity index (χ4n) is 1.64. The van der Waals surface area contributed by atoms with E-state index in [-0.39, 0.29) is 12.3 Å². The van der Waals surface area contributed by atoms with Crippen molar-refractivity contribution in [1.82, 2.24) is 5.32 Å². The quantitative estimate of drug-likeness (QED) is 0.801. The summed E-state index contributed by atoms with van der Waals surface area (Å²) in [7, 11) is 0. The fourth-order valence-corrected chi connectivity index (χ4v) is 1.64. The molecule has 0 fully saturated rings. The van der Waals surface area contributed by atoms with E-state index in [4.69, 9.17) is 10.4 Å². The minimum absolute atomic E-state index is 0.149. The molecular formula is C15H16N2O3. The number of hydrogen-bond donors (Lipinski definition) is 2. The van der Waals surface area contributed by atoms with Crippen molar-refractivity contribution in [2.75, 3.05) is 0 Å². The van der Waals surface area contributed by atoms with Crippen LogP contribution in [0.3, 0.4) is 0 Å². The Morgan fingerprint density at radius 1 is 1.35 bits per heavy atom. The van der Waals surface area contributed by atoms with Crippen LogP contribution < -0.4 is 5.32 Å². The molecule has 0 radical (unpaired) electrons. The van der Waals surface area contributed by atoms with Crippen LogP contribution in [0.1, 0.15) is 31.4 Å². The lowest BCUT2D eigenvalue weighted by atomic mass is 10.0. The molecule has 20 heavy (non-hydrogen) atoms. The van der Waals surface area contributed by atoms with Crippen molar-refractivity contribution in [1.29, 1.82) is 5.26 Å². The molecule has 0 saturated carbocycles. The van der Waals surface area contributed by atoms with Gasteiger partial charge in [-0.2, -0.15) is 5.26 Å². The lowest BCUT2D eigenvalue weighted by molar-refractivity contribution is -0.138. The molecule has 0 aliphatic rings. The Kier molecular flexibility index (Phi) is 5.04. The maximum atomic E-state index is 11.7. The molecule has 2 N–H and O–H groups in total. The van der Waals surface area contributed by atoms with Gasteiger partial charge in [-0.15, -0.1) is 0 Å². The average Bonchev–Trinajstić information content (AvgIpc) is 2.34. The maximum absolute atomic E-state index is 11.7. The van der Waals surface area contributed by atoms with Crippen molar-refractivity contribution in [3.05, 3.63) is 41.5 Å². The third-order valence-corrected chi connectivity index (χ3v) is 2.52. The number of rotatable bonds is 5. The molecule has 5 heteroatoms. The summed E-state index contributed by atoms with van der Waals surface area (Å²) in [5.74, 6) is -1.33. The van der Waals surface area contributed by atoms with Crippen LogP contribution in [-0.4, -0.2) is 22.5 Å². The summed E-state index contributed by atoms with van der Waals surface area (Å²) in [4.78, 5) is 22.3. The van der Waals surface area contributed by atoms with E-state index in [2.05, 4.69) is 5.32 Å². The average molecular weight is 272 g/mol. The molecule has 0 spiro atoms. The van der Waals surface area contributed by atoms with E-state index >= 15 is 0 Å². The molecule has 0 bridgehead atoms. The smallest absolute Gasteiger partial charge is 0.305 e. The van der Waals surface area contributed by atoms with Gasteiger partial charge in [0.15, 0.2) is 0 Å². The second kappa shape index (κ2) is 6.53. The van der Waals surface area contributed by atoms with E-state index in [1.54, 1.807) is 44.2 Å². The number of carboxylic acids is 1. The predicted octanol–water partition coefficient (Wildman–Crippen LogP) is 1.94. The Morgan fingerprint density at radius 3 is 2.45 bits per heavy atom. The number of carbonyl (C=O) groups excluding carboxylic acids is 1. The summed E-state index contributed by atoms with van der Waals surface area (Å²) in [5.41, 5.74) is 0.530. The molecule has 1 aromatic rings. The number of aliphatic carboxylic acids is 1. The Bertz CT molecular complexity index is 566. The van der Waals surface area contributed by atoms with Gasteiger partial charge < -0.3 is 10.4 Å². The van der Waals surface area contributed by atoms with E-state index < -0.39 is 11.5 Å². The highest BCUT2D eigenvalue weighted by Crippen LogP contribution is 2.09. The number of amides is 1. The lowest BCUT2D eigenvalue weighted by Gasteiger charge is -2.23. The van der Waals surface area contributed by atoms with Crippen molar-refractivity contribution in [2.45, 2.75) is 25.8 Å². The van der Waals surface area contributed by atoms with Gasteiger partial charge in [-0.25, -0.2) is 0 Å². The number of carbonyl (C=O) groups is 2. The van der Waals surface area contributed by atoms with Crippen molar-refractivity contribution in [3.8, 4) is 6.07 Å². The largest absolute Gasteiger partial charge is 0.481 e. The molecule has 0 aliphatic carbocycles. The SMILES string of the molecule is CC(C)(CC(=O)O)NC(=O)C=Cc1ccc(C#N)cc1. The zero-order valence-corrected chi connectivity index (χ0v) is 11.4. The number of carboxylic acid groups (broad SMARTS) is 1. The van der Waals surface area contributed by atoms with E-state index in [9.17, 15) is 9.59 Å². The minimum Gasteiger partial charge on any atom is -0.481 e. The Morgan fingerprint density at radius 2 is 1.95 bits per heavy atom. The van der Waals surface area contributed by atoms with Crippen LogP contribution in [0.4, 0.5) is 0 Å². The highest BCUT2D eigenvalue weighted by Gasteiger charge is 2.22. The zero-order chi connectivity index (χ0) is 15.2. The number of nitrogens with one attached hydrogen (secondary N) is 1. The van der Waals surface area contributed by atoms with Gasteiger partial charge in [0.05, 0.1) is 18.1 Å². The second-order valence-electron chi connectivity index (χ2n) is 5.01. The van der Waals surface area contributed by atoms with Gasteiger partial charge in [-0.1, -0.05) is 12.1 Å². The van der Waals surface area contributed by atoms with E-state index in [0.717, 1.165) is 5.56 Å². The first kappa shape index (κ1) is 15.4. The van der Waals surface area contributed by atoms with Crippen LogP contribution in [-0.2, 0) is 9.59 Å². The third kappa shape index (κ3) is 5.36. The number of nitrogens with zero attached hydrogens (tertiary/aromatic N) is 1. The molecule has 5 nitrogen and oxygen atoms in total. The van der Waals surface area contributed by atoms with Gasteiger partial charge in [0.25, 0.3) is 0 Å². The number of benzene rings is 1. The van der Waals surface area contributed by atoms with Crippen LogP contribution >= 0.6 is 0 Å². The molecular weight excluding hydrogens is 256 g/mol. The number of nitriles is 1. The molecule has 1 aromatic carbocycles. The summed E-state index contributed by atoms with van der Waals surface area (Å²) in [6.45, 7) is 3.29. The second-order valence-corrected chi connectivity index (χ2v) is 5.01. The van der Waals surface area contributed by atoms with Gasteiger partial charge in [0.1, 0.15) is 0 Å². The first-order valence-corrected chi connectivity index (χ1v) is 6.04. The van der Waals surface area contributed by atoms with Crippen LogP contribution in [0.5, 0.6) is 0 Å². The Balaban J connectivity index is 2.63. The molecule has 0 atom stereocenters. The van der Waals surface area contributed by atoms with Crippen molar-refractivity contribution < 1.29 is 14.7 Å². The monoisotopic (exact) mass is 272 g/mol. The molecule has 0 heterocycles. The number of hydrogen-bond acceptors (Lipinski definition) is 3. The first-order chi connectivity index (χ1) is 9.32. The van der Waals surface area contributed by atoms with Crippen molar-refractivity contribution in [3.63, 3.8) is 0 Å². The summed E-state index contributed by atoms with van der Waals surface area (Å²) >= 11 is 0. The molecule has 0 saturated heterocycles. The van der Waals surface area contributed by atoms with Crippen molar-refractivity contribution >= 4 is 18.0 Å². The molecule has 1 rings (SSSR count). The molecule has 0 aromatic heterocycles. The van der Waals surface area contributed by atoms with Crippen LogP contribution in [0, 0.1) is 11.3 Å². The zero-order valence-electron chi connectivity index (χ0n) is 11.4. The summed E-state index contributed by atoms with van der Waals surface area (Å²) < 4.78 is 0. The van der Waals surface area contributed by atoms with E-state index in [0.29, 0.717) is 5.56 Å². The lowest BCUT2D eigenvalue weighted by Crippen LogP contribution is -2.44. The van der Waals surface area contributed by atoms with Gasteiger partial charge in [-0.3, -0.25) is 9.59 Å². The van der Waals surface area contributed by atoms with Crippen molar-refractivity contribution in [2.24, 2.45) is 0 Å². The highest BCUT2D eigenvalue weighted by molar-refractivity contribution is 5.92. The highest BCUT2D eigenvalue weighted by atomic mass is 16.4. The first-order valence-electron chi connectivity index (χ1n) is 6.04. The van der Waals surface area contributed by atoms with Gasteiger partial charge in [-0.05, 0) is 37.6 Å². The third-order valence-electron chi connectivity index (χ3n) is 2.52. The van der Waals surface area contributed by atoms with Gasteiger partial charge in [0, 0.05) is 11.6 Å². The predicted molar refractivity (Wildman–Crippen MR) is 74.7 cm³/mol. The summed E-state index contributed by atoms with van der Waals surface area (Å²) in [5, 5.41) is 20.0. The summed E-state index contributed by atoms with van der Waals surface area (Å²) in [6.07, 6.45) is 2.79. The van der Waals surface area contributed by atoms with E-state index in [1.807, 2.05) is 6.07 Å². The standard InChI is InChI=1S/C15H16N2O3/c1-15(2,9-14(19)20)17-13(18)8-7-11-3-5-12(10-16)6-4-11/h3-8H,9H2,1-2H3,(H,17,18)(H,19,20). The van der Waals surface area contributed by atoms with E-state index in [1.165, 1.54) is 6.08 Å². The normalized spacial score (nSPS) is 11.1. The molecule has 0 aliphatic heterocycles. The topological polar surface area (TPSA) is 90.2 Å². The van der Waals surface area contributed by atoms with Gasteiger partial charge >= 0.3 is 5.97 Å². The molecule has 0 unspecified atom stereocenters. The van der Waals surface area contributed by atoms with Crippen LogP contribution in [0.15, 0.2) is 30.3 Å².